The Morgan fingerprint density at radius 1 is 1.12 bits per heavy atom. The summed E-state index contributed by atoms with van der Waals surface area (Å²) in [6, 6.07) is 17.4. The minimum absolute atomic E-state index is 0.154. The number of nitrogens with zero attached hydrogens (tertiary/aromatic N) is 5. The molecule has 5 atom stereocenters. The Balaban J connectivity index is 1.46. The zero-order valence-electron chi connectivity index (χ0n) is 25.0. The summed E-state index contributed by atoms with van der Waals surface area (Å²) < 4.78 is 30.3. The first kappa shape index (κ1) is 34.3. The highest BCUT2D eigenvalue weighted by molar-refractivity contribution is 7.49. The molecule has 48 heavy (non-hydrogen) atoms. The lowest BCUT2D eigenvalue weighted by molar-refractivity contribution is -0.157. The van der Waals surface area contributed by atoms with Crippen molar-refractivity contribution in [2.24, 2.45) is 5.11 Å². The van der Waals surface area contributed by atoms with Gasteiger partial charge in [0.05, 0.1) is 0 Å². The quantitative estimate of drug-likeness (QED) is 0.0357. The van der Waals surface area contributed by atoms with Crippen molar-refractivity contribution in [3.63, 3.8) is 0 Å². The van der Waals surface area contributed by atoms with Gasteiger partial charge in [-0.25, -0.2) is 9.36 Å². The van der Waals surface area contributed by atoms with Crippen LogP contribution in [-0.4, -0.2) is 70.9 Å². The van der Waals surface area contributed by atoms with E-state index in [0.717, 1.165) is 23.8 Å². The van der Waals surface area contributed by atoms with E-state index in [2.05, 4.69) is 10.0 Å². The highest BCUT2D eigenvalue weighted by atomic mass is 31.2. The van der Waals surface area contributed by atoms with Crippen molar-refractivity contribution in [1.82, 2.24) is 14.4 Å². The van der Waals surface area contributed by atoms with Crippen LogP contribution in [0.4, 0.5) is 0 Å². The lowest BCUT2D eigenvalue weighted by Crippen LogP contribution is -2.46. The number of azide groups is 1. The fourth-order valence-electron chi connectivity index (χ4n) is 4.93. The van der Waals surface area contributed by atoms with Crippen molar-refractivity contribution in [3.05, 3.63) is 116 Å². The molecule has 4 aromatic rings. The molecular formula is C29H29N6O12P. The first-order chi connectivity index (χ1) is 22.8. The van der Waals surface area contributed by atoms with E-state index >= 15 is 0 Å². The zero-order valence-corrected chi connectivity index (χ0v) is 25.9. The number of hydroxylamine groups is 1. The average Bonchev–Trinajstić information content (AvgIpc) is 3.30. The van der Waals surface area contributed by atoms with Crippen LogP contribution in [0.3, 0.4) is 0 Å². The molecule has 19 heteroatoms. The maximum absolute atomic E-state index is 12.9. The number of fused-ring (bicyclic) bond motifs is 1. The van der Waals surface area contributed by atoms with Crippen molar-refractivity contribution in [1.29, 1.82) is 0 Å². The van der Waals surface area contributed by atoms with Crippen molar-refractivity contribution in [2.75, 3.05) is 6.61 Å². The van der Waals surface area contributed by atoms with Crippen LogP contribution in [0.2, 0.25) is 0 Å². The summed E-state index contributed by atoms with van der Waals surface area (Å²) in [5, 5.41) is 26.0. The van der Waals surface area contributed by atoms with Gasteiger partial charge in [-0.3, -0.25) is 19.1 Å². The topological polar surface area (TPSA) is 259 Å². The molecule has 0 spiro atoms. The van der Waals surface area contributed by atoms with Gasteiger partial charge in [-0.05, 0) is 34.3 Å². The van der Waals surface area contributed by atoms with E-state index in [1.165, 1.54) is 6.07 Å². The van der Waals surface area contributed by atoms with Gasteiger partial charge in [0.1, 0.15) is 25.4 Å². The number of hydrogen-bond donors (Lipinski definition) is 5. The summed E-state index contributed by atoms with van der Waals surface area (Å²) in [7, 11) is -5.34. The number of aliphatic hydroxyl groups is 2. The van der Waals surface area contributed by atoms with Crippen molar-refractivity contribution in [3.8, 4) is 11.5 Å². The third-order valence-corrected chi connectivity index (χ3v) is 8.30. The van der Waals surface area contributed by atoms with E-state index in [1.54, 1.807) is 60.7 Å². The lowest BCUT2D eigenvalue weighted by Gasteiger charge is -2.30. The Morgan fingerprint density at radius 3 is 2.52 bits per heavy atom. The number of aromatic amines is 1. The van der Waals surface area contributed by atoms with Crippen molar-refractivity contribution >= 4 is 24.5 Å². The van der Waals surface area contributed by atoms with Gasteiger partial charge >= 0.3 is 19.4 Å². The van der Waals surface area contributed by atoms with E-state index in [1.807, 2.05) is 4.98 Å². The summed E-state index contributed by atoms with van der Waals surface area (Å²) in [6.45, 7) is 0.157. The Hall–Kier alpha value is -5.03. The Kier molecular flexibility index (Phi) is 10.00. The van der Waals surface area contributed by atoms with Gasteiger partial charge in [0.2, 0.25) is 5.72 Å². The number of ether oxygens (including phenoxy) is 3. The van der Waals surface area contributed by atoms with Crippen LogP contribution in [0.15, 0.2) is 93.7 Å². The predicted octanol–water partition coefficient (Wildman–Crippen LogP) is 1.85. The normalized spacial score (nSPS) is 21.4. The standard InChI is InChI=1S/C29H29N6O12P/c1-17(27(39)44-15-18-7-3-2-4-8-18)35(48(41,42)43)47-24-20-10-6-5-9-19(20)11-12-21(24)45-16-29(32-33-30)25(38)23(37)26(46-29)34-14-13-22(36)31-28(34)40/h2-14,17,23,25-26,37-38H,15-16H2,1H3,(H,31,36,40)(H2,41,42,43)/t17-,23+,25-,26+,29+/m0/s1. The molecular weight excluding hydrogens is 655 g/mol. The maximum atomic E-state index is 12.9. The molecule has 1 fully saturated rings. The van der Waals surface area contributed by atoms with Crippen LogP contribution in [0.25, 0.3) is 21.2 Å². The number of esters is 1. The smallest absolute Gasteiger partial charge is 0.436 e. The number of hydrogen-bond acceptors (Lipinski definition) is 11. The Labute approximate surface area is 270 Å². The molecule has 1 saturated heterocycles. The van der Waals surface area contributed by atoms with Gasteiger partial charge in [0, 0.05) is 22.6 Å². The van der Waals surface area contributed by atoms with Gasteiger partial charge in [0.25, 0.3) is 5.56 Å². The van der Waals surface area contributed by atoms with Crippen LogP contribution in [-0.2, 0) is 25.4 Å². The number of rotatable bonds is 12. The summed E-state index contributed by atoms with van der Waals surface area (Å²) in [4.78, 5) is 67.9. The number of aliphatic hydroxyl groups excluding tert-OH is 2. The average molecular weight is 685 g/mol. The van der Waals surface area contributed by atoms with E-state index in [0.29, 0.717) is 10.9 Å². The molecule has 252 valence electrons. The van der Waals surface area contributed by atoms with Crippen LogP contribution in [0, 0.1) is 0 Å². The van der Waals surface area contributed by atoms with E-state index in [-0.39, 0.29) is 28.3 Å². The SMILES string of the molecule is C[C@@H](C(=O)OCc1ccccc1)N(Oc1c(OC[C@@]2(N=[N+]=[N-])O[C@@H](n3ccc(=O)[nH]c3=O)[C@H](O)[C@@H]2O)ccc2ccccc12)P(=O)(O)O. The second kappa shape index (κ2) is 14.0. The summed E-state index contributed by atoms with van der Waals surface area (Å²) >= 11 is 0. The number of benzene rings is 3. The van der Waals surface area contributed by atoms with Gasteiger partial charge in [-0.1, -0.05) is 65.8 Å². The molecule has 0 aliphatic carbocycles. The number of aromatic nitrogens is 2. The summed E-state index contributed by atoms with van der Waals surface area (Å²) in [6.07, 6.45) is -4.47. The summed E-state index contributed by atoms with van der Waals surface area (Å²) in [5.41, 5.74) is 5.87. The second-order valence-electron chi connectivity index (χ2n) is 10.6. The Bertz CT molecular complexity index is 2010. The number of carbonyl (C=O) groups is 1. The van der Waals surface area contributed by atoms with Crippen LogP contribution >= 0.6 is 7.75 Å². The molecule has 3 aromatic carbocycles. The lowest BCUT2D eigenvalue weighted by atomic mass is 10.1. The van der Waals surface area contributed by atoms with Crippen LogP contribution < -0.4 is 20.8 Å². The highest BCUT2D eigenvalue weighted by Crippen LogP contribution is 2.47. The molecule has 5 rings (SSSR count). The molecule has 1 aromatic heterocycles. The van der Waals surface area contributed by atoms with Gasteiger partial charge < -0.3 is 39.0 Å². The largest absolute Gasteiger partial charge is 0.486 e. The second-order valence-corrected chi connectivity index (χ2v) is 12.0. The molecule has 0 saturated carbocycles. The fraction of sp³-hybridized carbons (Fsp3) is 0.276. The van der Waals surface area contributed by atoms with Crippen molar-refractivity contribution in [2.45, 2.75) is 43.7 Å². The predicted molar refractivity (Wildman–Crippen MR) is 165 cm³/mol. The van der Waals surface area contributed by atoms with E-state index < -0.39 is 61.8 Å². The minimum atomic E-state index is -5.34. The molecule has 0 radical (unpaired) electrons. The molecule has 5 N–H and O–H groups in total. The number of H-pyrrole nitrogens is 1. The molecule has 2 heterocycles. The van der Waals surface area contributed by atoms with Crippen LogP contribution in [0.5, 0.6) is 11.5 Å². The van der Waals surface area contributed by atoms with Crippen molar-refractivity contribution < 1.29 is 48.4 Å². The maximum Gasteiger partial charge on any atom is 0.436 e. The van der Waals surface area contributed by atoms with E-state index in [4.69, 9.17) is 19.0 Å². The molecule has 0 bridgehead atoms. The molecule has 18 nitrogen and oxygen atoms in total. The van der Waals surface area contributed by atoms with Crippen LogP contribution in [0.1, 0.15) is 18.7 Å². The third-order valence-electron chi connectivity index (χ3n) is 7.36. The highest BCUT2D eigenvalue weighted by Gasteiger charge is 2.56. The zero-order chi connectivity index (χ0) is 34.6. The minimum Gasteiger partial charge on any atom is -0.486 e. The monoisotopic (exact) mass is 684 g/mol. The first-order valence-corrected chi connectivity index (χ1v) is 15.7. The van der Waals surface area contributed by atoms with Gasteiger partial charge in [-0.15, -0.1) is 0 Å². The molecule has 0 amide bonds. The third kappa shape index (κ3) is 7.11. The van der Waals surface area contributed by atoms with E-state index in [9.17, 15) is 44.5 Å². The van der Waals surface area contributed by atoms with Gasteiger partial charge in [-0.2, -0.15) is 0 Å². The Morgan fingerprint density at radius 2 is 1.83 bits per heavy atom. The molecule has 0 unspecified atom stereocenters. The first-order valence-electron chi connectivity index (χ1n) is 14.1. The van der Waals surface area contributed by atoms with Gasteiger partial charge in [0.15, 0.2) is 23.8 Å². The number of nitrogens with one attached hydrogen (secondary N) is 1. The molecule has 1 aliphatic rings. The fourth-order valence-corrected chi connectivity index (χ4v) is 5.66. The summed E-state index contributed by atoms with van der Waals surface area (Å²) in [5.74, 6) is -1.54. The number of carbonyl (C=O) groups excluding carboxylic acids is 1. The molecule has 1 aliphatic heterocycles.